The first kappa shape index (κ1) is 19.9. The molecule has 26 heavy (non-hydrogen) atoms. The molecule has 0 radical (unpaired) electrons. The molecule has 1 aromatic heterocycles. The lowest BCUT2D eigenvalue weighted by molar-refractivity contribution is 0.0523. The maximum absolute atomic E-state index is 11.9. The van der Waals surface area contributed by atoms with Crippen molar-refractivity contribution in [3.8, 4) is 5.75 Å². The second-order valence-electron chi connectivity index (χ2n) is 5.74. The third-order valence-corrected chi connectivity index (χ3v) is 4.62. The maximum atomic E-state index is 11.9. The smallest absolute Gasteiger partial charge is 0.341 e. The number of anilines is 1. The van der Waals surface area contributed by atoms with E-state index in [1.54, 1.807) is 32.9 Å². The fourth-order valence-electron chi connectivity index (χ4n) is 2.49. The Balaban J connectivity index is 2.08. The summed E-state index contributed by atoms with van der Waals surface area (Å²) in [5.74, 6) is 0.254. The highest BCUT2D eigenvalue weighted by atomic mass is 79.9. The first-order valence-corrected chi connectivity index (χ1v) is 9.04. The lowest BCUT2D eigenvalue weighted by Crippen LogP contribution is -2.14. The Kier molecular flexibility index (Phi) is 6.74. The van der Waals surface area contributed by atoms with Crippen LogP contribution in [0.5, 0.6) is 5.75 Å². The summed E-state index contributed by atoms with van der Waals surface area (Å²) in [6.07, 6.45) is 3.83. The topological polar surface area (TPSA) is 84.3 Å². The zero-order valence-corrected chi connectivity index (χ0v) is 16.8. The molecule has 0 fully saturated rings. The summed E-state index contributed by atoms with van der Waals surface area (Å²) in [4.78, 5) is 20.6. The minimum Gasteiger partial charge on any atom is -0.508 e. The number of carbonyl (C=O) groups excluding carboxylic acids is 1. The van der Waals surface area contributed by atoms with Gasteiger partial charge in [-0.2, -0.15) is 0 Å². The molecule has 0 amide bonds. The number of hydrogen-bond donors (Lipinski definition) is 2. The molecule has 0 unspecified atom stereocenters. The van der Waals surface area contributed by atoms with Gasteiger partial charge >= 0.3 is 5.97 Å². The minimum absolute atomic E-state index is 0.208. The largest absolute Gasteiger partial charge is 0.508 e. The van der Waals surface area contributed by atoms with Crippen LogP contribution < -0.4 is 5.32 Å². The molecule has 0 aliphatic carbocycles. The van der Waals surface area contributed by atoms with Crippen LogP contribution in [0.4, 0.5) is 5.95 Å². The monoisotopic (exact) mass is 419 g/mol. The molecule has 0 bridgehead atoms. The minimum atomic E-state index is -0.404. The zero-order valence-electron chi connectivity index (χ0n) is 15.3. The van der Waals surface area contributed by atoms with Gasteiger partial charge in [-0.05, 0) is 51.0 Å². The lowest BCUT2D eigenvalue weighted by atomic mass is 10.1. The second-order valence-corrected chi connectivity index (χ2v) is 6.59. The lowest BCUT2D eigenvalue weighted by Gasteiger charge is -2.10. The number of halogens is 1. The molecule has 138 valence electrons. The Morgan fingerprint density at radius 1 is 1.27 bits per heavy atom. The fraction of sp³-hybridized carbons (Fsp3) is 0.316. The van der Waals surface area contributed by atoms with Crippen LogP contribution in [-0.4, -0.2) is 34.2 Å². The molecular formula is C19H22BrN3O3. The first-order valence-electron chi connectivity index (χ1n) is 8.25. The summed E-state index contributed by atoms with van der Waals surface area (Å²) in [5.41, 5.74) is 3.53. The molecule has 2 rings (SSSR count). The SMILES string of the molecule is CCOC(=O)c1c(C)nc(NC/C=C/c2cc(O)cc(Br)c2C)nc1C. The Hall–Kier alpha value is -2.41. The van der Waals surface area contributed by atoms with Gasteiger partial charge in [0.15, 0.2) is 0 Å². The Labute approximate surface area is 161 Å². The number of nitrogens with one attached hydrogen (secondary N) is 1. The average Bonchev–Trinajstić information content (AvgIpc) is 2.55. The van der Waals surface area contributed by atoms with Crippen molar-refractivity contribution in [2.75, 3.05) is 18.5 Å². The first-order chi connectivity index (χ1) is 12.3. The van der Waals surface area contributed by atoms with Gasteiger partial charge in [-0.3, -0.25) is 0 Å². The second kappa shape index (κ2) is 8.80. The Morgan fingerprint density at radius 3 is 2.54 bits per heavy atom. The number of phenols is 1. The predicted molar refractivity (Wildman–Crippen MR) is 106 cm³/mol. The number of ether oxygens (including phenoxy) is 1. The van der Waals surface area contributed by atoms with Crippen LogP contribution in [0.25, 0.3) is 6.08 Å². The van der Waals surface area contributed by atoms with Crippen molar-refractivity contribution in [3.63, 3.8) is 0 Å². The fourth-order valence-corrected chi connectivity index (χ4v) is 2.95. The van der Waals surface area contributed by atoms with Gasteiger partial charge in [-0.15, -0.1) is 0 Å². The number of benzene rings is 1. The van der Waals surface area contributed by atoms with Crippen LogP contribution in [0.15, 0.2) is 22.7 Å². The van der Waals surface area contributed by atoms with E-state index >= 15 is 0 Å². The summed E-state index contributed by atoms with van der Waals surface area (Å²) < 4.78 is 5.89. The molecular weight excluding hydrogens is 398 g/mol. The highest BCUT2D eigenvalue weighted by molar-refractivity contribution is 9.10. The average molecular weight is 420 g/mol. The summed E-state index contributed by atoms with van der Waals surface area (Å²) in [6, 6.07) is 3.37. The van der Waals surface area contributed by atoms with Gasteiger partial charge in [0, 0.05) is 11.0 Å². The number of aryl methyl sites for hydroxylation is 2. The number of hydrogen-bond acceptors (Lipinski definition) is 6. The summed E-state index contributed by atoms with van der Waals surface area (Å²) in [6.45, 7) is 8.07. The van der Waals surface area contributed by atoms with E-state index in [4.69, 9.17) is 4.74 Å². The molecule has 0 saturated carbocycles. The van der Waals surface area contributed by atoms with Crippen molar-refractivity contribution >= 4 is 33.9 Å². The van der Waals surface area contributed by atoms with Gasteiger partial charge in [-0.25, -0.2) is 14.8 Å². The van der Waals surface area contributed by atoms with Crippen molar-refractivity contribution < 1.29 is 14.6 Å². The van der Waals surface area contributed by atoms with Gasteiger partial charge in [0.25, 0.3) is 0 Å². The standard InChI is InChI=1S/C19H22BrN3O3/c1-5-26-18(25)17-12(3)22-19(23-13(17)4)21-8-6-7-14-9-15(24)10-16(20)11(14)2/h6-7,9-10,24H,5,8H2,1-4H3,(H,21,22,23)/b7-6+. The van der Waals surface area contributed by atoms with Crippen molar-refractivity contribution in [1.82, 2.24) is 9.97 Å². The normalized spacial score (nSPS) is 11.0. The number of carbonyl (C=O) groups is 1. The number of esters is 1. The molecule has 6 nitrogen and oxygen atoms in total. The van der Waals surface area contributed by atoms with Gasteiger partial charge in [0.2, 0.25) is 5.95 Å². The highest BCUT2D eigenvalue weighted by Gasteiger charge is 2.16. The van der Waals surface area contributed by atoms with E-state index in [9.17, 15) is 9.90 Å². The molecule has 0 atom stereocenters. The molecule has 2 aromatic rings. The molecule has 2 N–H and O–H groups in total. The molecule has 0 spiro atoms. The number of rotatable bonds is 6. The molecule has 0 aliphatic rings. The van der Waals surface area contributed by atoms with Crippen LogP contribution in [0, 0.1) is 20.8 Å². The van der Waals surface area contributed by atoms with Crippen LogP contribution >= 0.6 is 15.9 Å². The van der Waals surface area contributed by atoms with Crippen LogP contribution in [0.2, 0.25) is 0 Å². The van der Waals surface area contributed by atoms with Crippen molar-refractivity contribution in [1.29, 1.82) is 0 Å². The summed E-state index contributed by atoms with van der Waals surface area (Å²) >= 11 is 3.42. The Morgan fingerprint density at radius 2 is 1.92 bits per heavy atom. The Bertz CT molecular complexity index is 827. The van der Waals surface area contributed by atoms with E-state index in [0.29, 0.717) is 36.1 Å². The highest BCUT2D eigenvalue weighted by Crippen LogP contribution is 2.26. The van der Waals surface area contributed by atoms with Crippen molar-refractivity contribution in [3.05, 3.63) is 50.8 Å². The molecule has 1 aromatic carbocycles. The van der Waals surface area contributed by atoms with Crippen LogP contribution in [0.3, 0.4) is 0 Å². The predicted octanol–water partition coefficient (Wildman–Crippen LogP) is 4.17. The van der Waals surface area contributed by atoms with E-state index in [-0.39, 0.29) is 5.75 Å². The number of nitrogens with zero attached hydrogens (tertiary/aromatic N) is 2. The maximum Gasteiger partial charge on any atom is 0.341 e. The molecule has 0 aliphatic heterocycles. The van der Waals surface area contributed by atoms with E-state index in [0.717, 1.165) is 15.6 Å². The van der Waals surface area contributed by atoms with E-state index < -0.39 is 5.97 Å². The third-order valence-electron chi connectivity index (χ3n) is 3.80. The number of phenolic OH excluding ortho intramolecular Hbond substituents is 1. The quantitative estimate of drug-likeness (QED) is 0.683. The van der Waals surface area contributed by atoms with E-state index in [2.05, 4.69) is 31.2 Å². The van der Waals surface area contributed by atoms with E-state index in [1.165, 1.54) is 0 Å². The summed E-state index contributed by atoms with van der Waals surface area (Å²) in [7, 11) is 0. The van der Waals surface area contributed by atoms with Gasteiger partial charge in [-0.1, -0.05) is 28.1 Å². The van der Waals surface area contributed by atoms with Gasteiger partial charge in [0.1, 0.15) is 11.3 Å². The zero-order chi connectivity index (χ0) is 19.3. The number of aromatic hydroxyl groups is 1. The van der Waals surface area contributed by atoms with Gasteiger partial charge in [0.05, 0.1) is 18.0 Å². The van der Waals surface area contributed by atoms with Crippen molar-refractivity contribution in [2.45, 2.75) is 27.7 Å². The van der Waals surface area contributed by atoms with E-state index in [1.807, 2.05) is 19.1 Å². The van der Waals surface area contributed by atoms with Crippen LogP contribution in [0.1, 0.15) is 39.8 Å². The molecule has 7 heteroatoms. The third kappa shape index (κ3) is 4.82. The molecule has 1 heterocycles. The van der Waals surface area contributed by atoms with Crippen molar-refractivity contribution in [2.24, 2.45) is 0 Å². The van der Waals surface area contributed by atoms with Crippen LogP contribution in [-0.2, 0) is 4.74 Å². The summed E-state index contributed by atoms with van der Waals surface area (Å²) in [5, 5.41) is 12.8. The molecule has 0 saturated heterocycles. The van der Waals surface area contributed by atoms with Gasteiger partial charge < -0.3 is 15.2 Å². The number of aromatic nitrogens is 2.